The third-order valence-corrected chi connectivity index (χ3v) is 5.98. The van der Waals surface area contributed by atoms with Crippen LogP contribution in [0.2, 0.25) is 0 Å². The predicted octanol–water partition coefficient (Wildman–Crippen LogP) is 3.13. The second-order valence-corrected chi connectivity index (χ2v) is 6.95. The van der Waals surface area contributed by atoms with Gasteiger partial charge < -0.3 is 10.5 Å². The zero-order valence-corrected chi connectivity index (χ0v) is 12.3. The van der Waals surface area contributed by atoms with Gasteiger partial charge in [0.2, 0.25) is 5.88 Å². The van der Waals surface area contributed by atoms with Gasteiger partial charge in [-0.05, 0) is 36.7 Å². The van der Waals surface area contributed by atoms with E-state index in [1.54, 1.807) is 6.07 Å². The number of fused-ring (bicyclic) bond motifs is 2. The summed E-state index contributed by atoms with van der Waals surface area (Å²) in [5.74, 6) is 1.19. The van der Waals surface area contributed by atoms with Crippen molar-refractivity contribution in [1.82, 2.24) is 4.98 Å². The SMILES string of the molecule is CC1(C)C2CCC1(C)C(Oc1ncc(C#N)cc1N)C2. The Morgan fingerprint density at radius 3 is 2.70 bits per heavy atom. The number of rotatable bonds is 2. The van der Waals surface area contributed by atoms with Crippen LogP contribution in [0, 0.1) is 28.1 Å². The summed E-state index contributed by atoms with van der Waals surface area (Å²) in [6.45, 7) is 7.03. The molecule has 0 spiro atoms. The van der Waals surface area contributed by atoms with Crippen molar-refractivity contribution in [2.45, 2.75) is 46.1 Å². The molecule has 0 amide bonds. The highest BCUT2D eigenvalue weighted by Crippen LogP contribution is 2.66. The van der Waals surface area contributed by atoms with Crippen molar-refractivity contribution < 1.29 is 4.74 Å². The van der Waals surface area contributed by atoms with Gasteiger partial charge in [-0.2, -0.15) is 5.26 Å². The number of pyridine rings is 1. The van der Waals surface area contributed by atoms with Crippen LogP contribution >= 0.6 is 0 Å². The number of hydrogen-bond acceptors (Lipinski definition) is 4. The molecule has 0 aromatic carbocycles. The number of aromatic nitrogens is 1. The van der Waals surface area contributed by atoms with Crippen molar-refractivity contribution in [1.29, 1.82) is 5.26 Å². The van der Waals surface area contributed by atoms with Crippen LogP contribution in [0.1, 0.15) is 45.6 Å². The maximum atomic E-state index is 8.85. The highest BCUT2D eigenvalue weighted by molar-refractivity contribution is 5.52. The summed E-state index contributed by atoms with van der Waals surface area (Å²) in [6, 6.07) is 3.67. The fourth-order valence-corrected chi connectivity index (χ4v) is 4.07. The minimum Gasteiger partial charge on any atom is -0.472 e. The third-order valence-electron chi connectivity index (χ3n) is 5.98. The first-order valence-electron chi connectivity index (χ1n) is 7.21. The molecule has 1 heterocycles. The summed E-state index contributed by atoms with van der Waals surface area (Å²) in [5.41, 5.74) is 7.35. The van der Waals surface area contributed by atoms with Gasteiger partial charge in [0.25, 0.3) is 0 Å². The molecule has 2 bridgehead atoms. The molecule has 2 N–H and O–H groups in total. The average molecular weight is 271 g/mol. The molecule has 2 aliphatic carbocycles. The van der Waals surface area contributed by atoms with Crippen molar-refractivity contribution in [3.05, 3.63) is 17.8 Å². The molecule has 2 aliphatic rings. The zero-order chi connectivity index (χ0) is 14.5. The lowest BCUT2D eigenvalue weighted by molar-refractivity contribution is 0.0278. The average Bonchev–Trinajstić information content (AvgIpc) is 2.74. The van der Waals surface area contributed by atoms with E-state index in [4.69, 9.17) is 15.7 Å². The van der Waals surface area contributed by atoms with Crippen molar-refractivity contribution in [3.8, 4) is 11.9 Å². The largest absolute Gasteiger partial charge is 0.472 e. The topological polar surface area (TPSA) is 71.9 Å². The number of nitriles is 1. The number of nitrogens with two attached hydrogens (primary N) is 1. The molecule has 1 aromatic rings. The molecule has 106 valence electrons. The van der Waals surface area contributed by atoms with Gasteiger partial charge in [0.05, 0.1) is 11.3 Å². The van der Waals surface area contributed by atoms with E-state index in [-0.39, 0.29) is 11.5 Å². The Morgan fingerprint density at radius 1 is 1.45 bits per heavy atom. The highest BCUT2D eigenvalue weighted by atomic mass is 16.5. The van der Waals surface area contributed by atoms with E-state index in [0.717, 1.165) is 12.3 Å². The summed E-state index contributed by atoms with van der Waals surface area (Å²) in [5, 5.41) is 8.85. The number of hydrogen-bond donors (Lipinski definition) is 1. The predicted molar refractivity (Wildman–Crippen MR) is 77.0 cm³/mol. The van der Waals surface area contributed by atoms with Gasteiger partial charge in [-0.3, -0.25) is 0 Å². The van der Waals surface area contributed by atoms with Gasteiger partial charge >= 0.3 is 0 Å². The maximum Gasteiger partial charge on any atom is 0.237 e. The monoisotopic (exact) mass is 271 g/mol. The fraction of sp³-hybridized carbons (Fsp3) is 0.625. The zero-order valence-electron chi connectivity index (χ0n) is 12.3. The maximum absolute atomic E-state index is 8.85. The van der Waals surface area contributed by atoms with E-state index in [9.17, 15) is 0 Å². The Morgan fingerprint density at radius 2 is 2.20 bits per heavy atom. The molecule has 1 aromatic heterocycles. The van der Waals surface area contributed by atoms with E-state index in [0.29, 0.717) is 22.5 Å². The second-order valence-electron chi connectivity index (χ2n) is 6.95. The quantitative estimate of drug-likeness (QED) is 0.897. The molecular weight excluding hydrogens is 250 g/mol. The Bertz CT molecular complexity index is 590. The molecule has 2 saturated carbocycles. The highest BCUT2D eigenvalue weighted by Gasteiger charge is 2.62. The first-order valence-corrected chi connectivity index (χ1v) is 7.21. The van der Waals surface area contributed by atoms with Crippen LogP contribution in [0.4, 0.5) is 5.69 Å². The molecule has 20 heavy (non-hydrogen) atoms. The van der Waals surface area contributed by atoms with Crippen molar-refractivity contribution in [3.63, 3.8) is 0 Å². The van der Waals surface area contributed by atoms with E-state index >= 15 is 0 Å². The van der Waals surface area contributed by atoms with E-state index in [1.165, 1.54) is 19.0 Å². The Balaban J connectivity index is 1.85. The van der Waals surface area contributed by atoms with E-state index in [1.807, 2.05) is 6.07 Å². The molecule has 4 nitrogen and oxygen atoms in total. The number of nitrogen functional groups attached to an aromatic ring is 1. The summed E-state index contributed by atoms with van der Waals surface area (Å²) >= 11 is 0. The Hall–Kier alpha value is -1.76. The van der Waals surface area contributed by atoms with Gasteiger partial charge in [0.1, 0.15) is 12.2 Å². The van der Waals surface area contributed by atoms with Gasteiger partial charge in [-0.1, -0.05) is 20.8 Å². The van der Waals surface area contributed by atoms with Crippen LogP contribution in [-0.4, -0.2) is 11.1 Å². The third kappa shape index (κ3) is 1.62. The molecule has 3 rings (SSSR count). The summed E-state index contributed by atoms with van der Waals surface area (Å²) < 4.78 is 6.13. The lowest BCUT2D eigenvalue weighted by Gasteiger charge is -2.38. The fourth-order valence-electron chi connectivity index (χ4n) is 4.07. The van der Waals surface area contributed by atoms with Crippen molar-refractivity contribution in [2.75, 3.05) is 5.73 Å². The van der Waals surface area contributed by atoms with Crippen molar-refractivity contribution >= 4 is 5.69 Å². The van der Waals surface area contributed by atoms with Crippen LogP contribution in [0.25, 0.3) is 0 Å². The first-order chi connectivity index (χ1) is 9.38. The lowest BCUT2D eigenvalue weighted by atomic mass is 9.70. The normalized spacial score (nSPS) is 33.9. The molecule has 3 unspecified atom stereocenters. The van der Waals surface area contributed by atoms with Crippen molar-refractivity contribution in [2.24, 2.45) is 16.7 Å². The minimum atomic E-state index is 0.166. The molecule has 0 aliphatic heterocycles. The smallest absolute Gasteiger partial charge is 0.237 e. The Labute approximate surface area is 119 Å². The standard InChI is InChI=1S/C16H21N3O/c1-15(2)11-4-5-16(15,3)13(7-11)20-14-12(18)6-10(8-17)9-19-14/h6,9,11,13H,4-5,7,18H2,1-3H3. The molecule has 2 fully saturated rings. The van der Waals surface area contributed by atoms with E-state index < -0.39 is 0 Å². The van der Waals surface area contributed by atoms with Gasteiger partial charge in [-0.25, -0.2) is 4.98 Å². The number of nitrogens with zero attached hydrogens (tertiary/aromatic N) is 2. The first kappa shape index (κ1) is 13.2. The molecule has 0 saturated heterocycles. The summed E-state index contributed by atoms with van der Waals surface area (Å²) in [7, 11) is 0. The summed E-state index contributed by atoms with van der Waals surface area (Å²) in [4.78, 5) is 4.21. The molecular formula is C16H21N3O. The minimum absolute atomic E-state index is 0.166. The molecule has 0 radical (unpaired) electrons. The summed E-state index contributed by atoms with van der Waals surface area (Å²) in [6.07, 6.45) is 5.25. The molecule has 3 atom stereocenters. The lowest BCUT2D eigenvalue weighted by Crippen LogP contribution is -2.39. The van der Waals surface area contributed by atoms with Crippen LogP contribution in [0.5, 0.6) is 5.88 Å². The van der Waals surface area contributed by atoms with Crippen LogP contribution in [0.15, 0.2) is 12.3 Å². The number of anilines is 1. The number of ether oxygens (including phenoxy) is 1. The Kier molecular flexibility index (Phi) is 2.72. The van der Waals surface area contributed by atoms with Crippen LogP contribution in [-0.2, 0) is 0 Å². The van der Waals surface area contributed by atoms with E-state index in [2.05, 4.69) is 25.8 Å². The van der Waals surface area contributed by atoms with Crippen LogP contribution < -0.4 is 10.5 Å². The second kappa shape index (κ2) is 4.12. The van der Waals surface area contributed by atoms with Gasteiger partial charge in [0, 0.05) is 11.6 Å². The molecule has 4 heteroatoms. The van der Waals surface area contributed by atoms with Gasteiger partial charge in [0.15, 0.2) is 0 Å². The van der Waals surface area contributed by atoms with Gasteiger partial charge in [-0.15, -0.1) is 0 Å². The van der Waals surface area contributed by atoms with Crippen LogP contribution in [0.3, 0.4) is 0 Å².